The Labute approximate surface area is 199 Å². The number of rotatable bonds is 4. The topological polar surface area (TPSA) is 85.8 Å². The molecule has 0 spiro atoms. The number of nitrogens with zero attached hydrogens (tertiary/aromatic N) is 3. The summed E-state index contributed by atoms with van der Waals surface area (Å²) >= 11 is 6.42. The summed E-state index contributed by atoms with van der Waals surface area (Å²) in [6, 6.07) is 5.03. The third kappa shape index (κ3) is 3.92. The number of aromatic hydroxyl groups is 1. The fourth-order valence-electron chi connectivity index (χ4n) is 4.16. The second kappa shape index (κ2) is 9.26. The number of hydrogen-bond donors (Lipinski definition) is 2. The molecular formula is C24H21ClF2N4O3. The molecule has 1 fully saturated rings. The maximum absolute atomic E-state index is 15.7. The summed E-state index contributed by atoms with van der Waals surface area (Å²) < 4.78 is 30.3. The van der Waals surface area contributed by atoms with E-state index in [9.17, 15) is 19.1 Å². The van der Waals surface area contributed by atoms with Crippen molar-refractivity contribution in [1.82, 2.24) is 15.2 Å². The molecule has 0 radical (unpaired) electrons. The SMILES string of the molecule is C=CC(=O)N1CCN(c2c(C(=O)NC)cnc3c(F)c(-c4c(O)cccc4F)c(Cl)cc23)CC1. The Morgan fingerprint density at radius 1 is 1.21 bits per heavy atom. The number of piperazine rings is 1. The van der Waals surface area contributed by atoms with E-state index in [2.05, 4.69) is 16.9 Å². The molecule has 0 bridgehead atoms. The highest BCUT2D eigenvalue weighted by atomic mass is 35.5. The van der Waals surface area contributed by atoms with Gasteiger partial charge in [-0.05, 0) is 24.3 Å². The van der Waals surface area contributed by atoms with E-state index in [-0.39, 0.29) is 38.5 Å². The van der Waals surface area contributed by atoms with Crippen molar-refractivity contribution in [3.63, 3.8) is 0 Å². The van der Waals surface area contributed by atoms with Gasteiger partial charge in [-0.25, -0.2) is 8.78 Å². The maximum atomic E-state index is 15.7. The molecule has 34 heavy (non-hydrogen) atoms. The van der Waals surface area contributed by atoms with Crippen LogP contribution >= 0.6 is 11.6 Å². The lowest BCUT2D eigenvalue weighted by Crippen LogP contribution is -2.48. The van der Waals surface area contributed by atoms with Crippen LogP contribution in [0.5, 0.6) is 5.75 Å². The lowest BCUT2D eigenvalue weighted by Gasteiger charge is -2.37. The number of hydrogen-bond acceptors (Lipinski definition) is 5. The van der Waals surface area contributed by atoms with Gasteiger partial charge in [0.2, 0.25) is 5.91 Å². The zero-order valence-corrected chi connectivity index (χ0v) is 19.0. The number of halogens is 3. The molecule has 3 aromatic rings. The molecule has 0 atom stereocenters. The van der Waals surface area contributed by atoms with Crippen molar-refractivity contribution in [1.29, 1.82) is 0 Å². The number of nitrogens with one attached hydrogen (secondary N) is 1. The number of phenolic OH excluding ortho intramolecular Hbond substituents is 1. The highest BCUT2D eigenvalue weighted by molar-refractivity contribution is 6.34. The molecule has 0 saturated carbocycles. The van der Waals surface area contributed by atoms with Crippen LogP contribution in [0.25, 0.3) is 22.0 Å². The van der Waals surface area contributed by atoms with E-state index in [1.54, 1.807) is 4.90 Å². The molecule has 7 nitrogen and oxygen atoms in total. The number of benzene rings is 2. The second-order valence-electron chi connectivity index (χ2n) is 7.69. The molecule has 1 aliphatic rings. The standard InChI is InChI=1S/C24H21ClF2N4O3/c1-3-18(33)30-7-9-31(10-8-30)23-13-11-15(25)19(20-16(26)5-4-6-17(20)32)21(27)22(13)29-12-14(23)24(34)28-2/h3-6,11-12,32H,1,7-10H2,2H3,(H,28,34). The minimum Gasteiger partial charge on any atom is -0.507 e. The van der Waals surface area contributed by atoms with Crippen molar-refractivity contribution < 1.29 is 23.5 Å². The first kappa shape index (κ1) is 23.4. The van der Waals surface area contributed by atoms with Crippen LogP contribution in [0, 0.1) is 11.6 Å². The summed E-state index contributed by atoms with van der Waals surface area (Å²) in [4.78, 5) is 32.2. The number of amides is 2. The van der Waals surface area contributed by atoms with E-state index in [4.69, 9.17) is 11.6 Å². The number of aromatic nitrogens is 1. The zero-order chi connectivity index (χ0) is 24.6. The fourth-order valence-corrected chi connectivity index (χ4v) is 4.45. The van der Waals surface area contributed by atoms with Gasteiger partial charge in [0.25, 0.3) is 5.91 Å². The van der Waals surface area contributed by atoms with Crippen molar-refractivity contribution in [2.45, 2.75) is 0 Å². The molecule has 10 heteroatoms. The van der Waals surface area contributed by atoms with E-state index >= 15 is 4.39 Å². The zero-order valence-electron chi connectivity index (χ0n) is 18.2. The minimum absolute atomic E-state index is 0.130. The van der Waals surface area contributed by atoms with Crippen molar-refractivity contribution in [3.8, 4) is 16.9 Å². The van der Waals surface area contributed by atoms with Gasteiger partial charge in [0.1, 0.15) is 17.1 Å². The van der Waals surface area contributed by atoms with Crippen molar-refractivity contribution in [3.05, 3.63) is 65.3 Å². The number of phenols is 1. The third-order valence-electron chi connectivity index (χ3n) is 5.82. The Morgan fingerprint density at radius 2 is 1.91 bits per heavy atom. The van der Waals surface area contributed by atoms with Crippen LogP contribution in [0.4, 0.5) is 14.5 Å². The quantitative estimate of drug-likeness (QED) is 0.549. The van der Waals surface area contributed by atoms with E-state index in [0.29, 0.717) is 31.9 Å². The lowest BCUT2D eigenvalue weighted by atomic mass is 9.98. The Hall–Kier alpha value is -3.72. The van der Waals surface area contributed by atoms with Gasteiger partial charge >= 0.3 is 0 Å². The molecule has 0 unspecified atom stereocenters. The molecule has 4 rings (SSSR count). The number of carbonyl (C=O) groups is 2. The van der Waals surface area contributed by atoms with Crippen LogP contribution in [0.1, 0.15) is 10.4 Å². The van der Waals surface area contributed by atoms with Crippen molar-refractivity contribution in [2.24, 2.45) is 0 Å². The summed E-state index contributed by atoms with van der Waals surface area (Å²) in [7, 11) is 1.47. The molecule has 1 saturated heterocycles. The Balaban J connectivity index is 1.91. The predicted molar refractivity (Wildman–Crippen MR) is 126 cm³/mol. The van der Waals surface area contributed by atoms with Crippen LogP contribution in [-0.2, 0) is 4.79 Å². The largest absolute Gasteiger partial charge is 0.507 e. The van der Waals surface area contributed by atoms with Crippen LogP contribution in [0.3, 0.4) is 0 Å². The Kier molecular flexibility index (Phi) is 6.39. The summed E-state index contributed by atoms with van der Waals surface area (Å²) in [6.07, 6.45) is 2.49. The smallest absolute Gasteiger partial charge is 0.254 e. The van der Waals surface area contributed by atoms with Crippen LogP contribution in [0.2, 0.25) is 5.02 Å². The second-order valence-corrected chi connectivity index (χ2v) is 8.10. The monoisotopic (exact) mass is 486 g/mol. The first-order valence-electron chi connectivity index (χ1n) is 10.4. The van der Waals surface area contributed by atoms with Gasteiger partial charge in [-0.1, -0.05) is 24.2 Å². The lowest BCUT2D eigenvalue weighted by molar-refractivity contribution is -0.126. The van der Waals surface area contributed by atoms with Crippen LogP contribution in [0.15, 0.2) is 43.1 Å². The molecule has 2 aromatic carbocycles. The number of pyridine rings is 1. The summed E-state index contributed by atoms with van der Waals surface area (Å²) in [5, 5.41) is 12.8. The highest BCUT2D eigenvalue weighted by Crippen LogP contribution is 2.43. The summed E-state index contributed by atoms with van der Waals surface area (Å²) in [5.74, 6) is -2.86. The average Bonchev–Trinajstić information content (AvgIpc) is 2.84. The predicted octanol–water partition coefficient (Wildman–Crippen LogP) is 3.73. The van der Waals surface area contributed by atoms with Crippen LogP contribution < -0.4 is 10.2 Å². The molecule has 2 N–H and O–H groups in total. The van der Waals surface area contributed by atoms with Gasteiger partial charge in [0.05, 0.1) is 21.8 Å². The Morgan fingerprint density at radius 3 is 2.53 bits per heavy atom. The van der Waals surface area contributed by atoms with Gasteiger partial charge in [0.15, 0.2) is 5.82 Å². The average molecular weight is 487 g/mol. The van der Waals surface area contributed by atoms with Gasteiger partial charge in [-0.3, -0.25) is 14.6 Å². The first-order chi connectivity index (χ1) is 16.3. The first-order valence-corrected chi connectivity index (χ1v) is 10.8. The normalized spacial score (nSPS) is 13.8. The molecular weight excluding hydrogens is 466 g/mol. The fraction of sp³-hybridized carbons (Fsp3) is 0.208. The van der Waals surface area contributed by atoms with Gasteiger partial charge in [0, 0.05) is 50.4 Å². The molecule has 176 valence electrons. The number of anilines is 1. The minimum atomic E-state index is -0.923. The number of carbonyl (C=O) groups excluding carboxylic acids is 2. The van der Waals surface area contributed by atoms with E-state index in [0.717, 1.165) is 6.07 Å². The third-order valence-corrected chi connectivity index (χ3v) is 6.12. The number of fused-ring (bicyclic) bond motifs is 1. The summed E-state index contributed by atoms with van der Waals surface area (Å²) in [6.45, 7) is 4.99. The van der Waals surface area contributed by atoms with Crippen LogP contribution in [-0.4, -0.2) is 60.0 Å². The molecule has 0 aliphatic carbocycles. The Bertz CT molecular complexity index is 1300. The van der Waals surface area contributed by atoms with Gasteiger partial charge in [-0.2, -0.15) is 0 Å². The summed E-state index contributed by atoms with van der Waals surface area (Å²) in [5.41, 5.74) is -0.218. The van der Waals surface area contributed by atoms with Crippen molar-refractivity contribution >= 4 is 40.0 Å². The molecule has 1 aliphatic heterocycles. The van der Waals surface area contributed by atoms with E-state index in [1.165, 1.54) is 37.5 Å². The van der Waals surface area contributed by atoms with Gasteiger partial charge in [-0.15, -0.1) is 0 Å². The molecule has 2 heterocycles. The maximum Gasteiger partial charge on any atom is 0.254 e. The van der Waals surface area contributed by atoms with Gasteiger partial charge < -0.3 is 20.2 Å². The van der Waals surface area contributed by atoms with E-state index < -0.39 is 23.3 Å². The van der Waals surface area contributed by atoms with E-state index in [1.807, 2.05) is 4.90 Å². The molecule has 2 amide bonds. The van der Waals surface area contributed by atoms with Crippen molar-refractivity contribution in [2.75, 3.05) is 38.1 Å². The highest BCUT2D eigenvalue weighted by Gasteiger charge is 2.28. The molecule has 1 aromatic heterocycles.